The van der Waals surface area contributed by atoms with Crippen LogP contribution < -0.4 is 14.9 Å². The van der Waals surface area contributed by atoms with Crippen molar-refractivity contribution in [1.29, 1.82) is 0 Å². The number of carbonyl (C=O) groups excluding carboxylic acids is 2. The molecule has 2 heterocycles. The highest BCUT2D eigenvalue weighted by atomic mass is 32.5. The summed E-state index contributed by atoms with van der Waals surface area (Å²) in [5.41, 5.74) is -2.23. The van der Waals surface area contributed by atoms with Crippen LogP contribution in [0.25, 0.3) is 0 Å². The smallest absolute Gasteiger partial charge is 0.323 e. The molecule has 14 heteroatoms. The molecule has 0 bridgehead atoms. The molecule has 4 N–H and O–H groups in total. The predicted molar refractivity (Wildman–Crippen MR) is 138 cm³/mol. The van der Waals surface area contributed by atoms with Gasteiger partial charge in [-0.05, 0) is 56.8 Å². The fraction of sp³-hybridized carbons (Fsp3) is 0.417. The molecule has 11 nitrogen and oxygen atoms in total. The van der Waals surface area contributed by atoms with Crippen molar-refractivity contribution in [2.45, 2.75) is 57.0 Å². The maximum atomic E-state index is 13.4. The van der Waals surface area contributed by atoms with Gasteiger partial charge >= 0.3 is 12.6 Å². The zero-order valence-corrected chi connectivity index (χ0v) is 22.6. The molecule has 1 aromatic carbocycles. The van der Waals surface area contributed by atoms with Crippen molar-refractivity contribution in [3.05, 3.63) is 54.8 Å². The number of esters is 1. The van der Waals surface area contributed by atoms with Gasteiger partial charge in [0.25, 0.3) is 5.91 Å². The quantitative estimate of drug-likeness (QED) is 0.184. The molecule has 3 rings (SSSR count). The minimum absolute atomic E-state index is 0.0638. The molecule has 2 aliphatic rings. The van der Waals surface area contributed by atoms with Gasteiger partial charge in [0.1, 0.15) is 35.6 Å². The summed E-state index contributed by atoms with van der Waals surface area (Å²) >= 11 is 5.60. The first-order valence-corrected chi connectivity index (χ1v) is 14.1. The van der Waals surface area contributed by atoms with Crippen LogP contribution in [0.3, 0.4) is 0 Å². The van der Waals surface area contributed by atoms with Gasteiger partial charge in [0, 0.05) is 12.3 Å². The third-order valence-electron chi connectivity index (χ3n) is 5.44. The highest BCUT2D eigenvalue weighted by Crippen LogP contribution is 2.47. The van der Waals surface area contributed by atoms with E-state index in [0.29, 0.717) is 0 Å². The number of hydrogen-bond acceptors (Lipinski definition) is 10. The van der Waals surface area contributed by atoms with Crippen molar-refractivity contribution >= 4 is 30.3 Å². The van der Waals surface area contributed by atoms with Crippen molar-refractivity contribution in [3.63, 3.8) is 0 Å². The summed E-state index contributed by atoms with van der Waals surface area (Å²) in [4.78, 5) is 25.2. The highest BCUT2D eigenvalue weighted by molar-refractivity contribution is 8.09. The van der Waals surface area contributed by atoms with Gasteiger partial charge in [-0.3, -0.25) is 9.59 Å². The molecule has 6 atom stereocenters. The van der Waals surface area contributed by atoms with E-state index in [1.807, 2.05) is 0 Å². The Kier molecular flexibility index (Phi) is 9.33. The highest BCUT2D eigenvalue weighted by Gasteiger charge is 2.57. The Hall–Kier alpha value is -2.82. The molecule has 0 spiro atoms. The number of aliphatic hydroxyl groups excluding tert-OH is 1. The van der Waals surface area contributed by atoms with Gasteiger partial charge in [0.2, 0.25) is 0 Å². The monoisotopic (exact) mass is 569 g/mol. The van der Waals surface area contributed by atoms with E-state index in [1.165, 1.54) is 36.2 Å². The Bertz CT molecular complexity index is 1190. The minimum Gasteiger partial charge on any atom is -0.462 e. The Morgan fingerprint density at radius 3 is 2.66 bits per heavy atom. The number of hydrogen-bond donors (Lipinski definition) is 4. The molecule has 1 fully saturated rings. The molecular weight excluding hydrogens is 540 g/mol. The van der Waals surface area contributed by atoms with Gasteiger partial charge in [0.15, 0.2) is 11.8 Å². The average molecular weight is 570 g/mol. The number of aliphatic hydroxyl groups is 2. The summed E-state index contributed by atoms with van der Waals surface area (Å²) in [6.07, 6.45) is 3.41. The normalized spacial score (nSPS) is 27.4. The van der Waals surface area contributed by atoms with E-state index in [2.05, 4.69) is 22.9 Å². The molecule has 1 amide bonds. The van der Waals surface area contributed by atoms with Crippen molar-refractivity contribution in [2.75, 3.05) is 6.61 Å². The molecule has 1 saturated heterocycles. The van der Waals surface area contributed by atoms with Crippen LogP contribution in [0, 0.1) is 18.2 Å². The van der Waals surface area contributed by atoms with Crippen molar-refractivity contribution < 1.29 is 42.7 Å². The van der Waals surface area contributed by atoms with E-state index < -0.39 is 61.0 Å². The predicted octanol–water partition coefficient (Wildman–Crippen LogP) is 1.24. The number of benzene rings is 1. The standard InChI is InChI=1S/C24H29FN3O8PS/c1-6-24(32)21(30)19(35-23(24)28-12-11-20(29)26-16(28)5)13-33-37(38,27-15(4)22(31)34-14(2)3)36-18-9-7-17(25)8-10-18/h1,7-12,14-15,19,21,23,30,32H,5,13H2,2-4H3,(H,26,29)(H,27,38)/t15-,19+,21+,23+,24+,37?/m0/s1. The Morgan fingerprint density at radius 1 is 1.42 bits per heavy atom. The molecule has 0 saturated carbocycles. The first kappa shape index (κ1) is 29.7. The lowest BCUT2D eigenvalue weighted by Gasteiger charge is -2.36. The maximum Gasteiger partial charge on any atom is 0.323 e. The molecule has 1 aromatic rings. The number of carbonyl (C=O) groups is 2. The van der Waals surface area contributed by atoms with Crippen LogP contribution >= 0.6 is 6.64 Å². The van der Waals surface area contributed by atoms with Gasteiger partial charge in [-0.2, -0.15) is 0 Å². The number of halogens is 1. The van der Waals surface area contributed by atoms with Crippen LogP contribution in [0.2, 0.25) is 0 Å². The molecule has 0 aliphatic carbocycles. The molecule has 1 unspecified atom stereocenters. The average Bonchev–Trinajstić information content (AvgIpc) is 3.09. The number of rotatable bonds is 10. The van der Waals surface area contributed by atoms with Gasteiger partial charge < -0.3 is 39.0 Å². The van der Waals surface area contributed by atoms with Gasteiger partial charge in [-0.1, -0.05) is 12.5 Å². The number of nitrogens with zero attached hydrogens (tertiary/aromatic N) is 1. The molecule has 206 valence electrons. The topological polar surface area (TPSA) is 139 Å². The summed E-state index contributed by atoms with van der Waals surface area (Å²) in [6.45, 7) is 4.57. The molecule has 0 aromatic heterocycles. The third kappa shape index (κ3) is 6.78. The molecule has 0 radical (unpaired) electrons. The van der Waals surface area contributed by atoms with Gasteiger partial charge in [-0.15, -0.1) is 6.42 Å². The van der Waals surface area contributed by atoms with Crippen LogP contribution in [0.1, 0.15) is 20.8 Å². The zero-order valence-electron chi connectivity index (χ0n) is 20.9. The largest absolute Gasteiger partial charge is 0.462 e. The SMILES string of the molecule is C#C[C@@]1(O)[C@H](O)[C@@H](COP(=S)(N[C@@H](C)C(=O)OC(C)C)Oc2ccc(F)cc2)O[C@H]1N1C=CC(=O)NC1=C. The number of terminal acetylenes is 1. The second-order valence-electron chi connectivity index (χ2n) is 8.78. The third-order valence-corrected chi connectivity index (χ3v) is 7.94. The maximum absolute atomic E-state index is 13.4. The van der Waals surface area contributed by atoms with Gasteiger partial charge in [0.05, 0.1) is 12.7 Å². The van der Waals surface area contributed by atoms with Crippen LogP contribution in [0.4, 0.5) is 4.39 Å². The Balaban J connectivity index is 1.81. The lowest BCUT2D eigenvalue weighted by molar-refractivity contribution is -0.149. The molecular formula is C24H29FN3O8PS. The first-order valence-electron chi connectivity index (χ1n) is 11.5. The first-order chi connectivity index (χ1) is 17.8. The van der Waals surface area contributed by atoms with Crippen molar-refractivity contribution in [2.24, 2.45) is 0 Å². The van der Waals surface area contributed by atoms with E-state index >= 15 is 0 Å². The molecule has 2 aliphatic heterocycles. The Morgan fingerprint density at radius 2 is 2.08 bits per heavy atom. The van der Waals surface area contributed by atoms with Crippen molar-refractivity contribution in [1.82, 2.24) is 15.3 Å². The summed E-state index contributed by atoms with van der Waals surface area (Å²) in [7, 11) is 0. The van der Waals surface area contributed by atoms with Crippen LogP contribution in [-0.4, -0.2) is 69.8 Å². The van der Waals surface area contributed by atoms with E-state index in [4.69, 9.17) is 36.8 Å². The summed E-state index contributed by atoms with van der Waals surface area (Å²) in [5, 5.41) is 27.2. The van der Waals surface area contributed by atoms with E-state index in [0.717, 1.165) is 12.1 Å². The van der Waals surface area contributed by atoms with E-state index in [1.54, 1.807) is 13.8 Å². The van der Waals surface area contributed by atoms with E-state index in [9.17, 15) is 24.2 Å². The summed E-state index contributed by atoms with van der Waals surface area (Å²) in [5.74, 6) is 0.806. The van der Waals surface area contributed by atoms with Crippen LogP contribution in [0.15, 0.2) is 48.9 Å². The lowest BCUT2D eigenvalue weighted by Crippen LogP contribution is -2.54. The fourth-order valence-electron chi connectivity index (χ4n) is 3.56. The van der Waals surface area contributed by atoms with Crippen molar-refractivity contribution in [3.8, 4) is 18.1 Å². The Labute approximate surface area is 224 Å². The second-order valence-corrected chi connectivity index (χ2v) is 11.9. The summed E-state index contributed by atoms with van der Waals surface area (Å²) < 4.78 is 36.1. The van der Waals surface area contributed by atoms with Crippen LogP contribution in [0.5, 0.6) is 5.75 Å². The minimum atomic E-state index is -3.58. The van der Waals surface area contributed by atoms with Crippen LogP contribution in [-0.2, 0) is 35.4 Å². The zero-order chi connectivity index (χ0) is 28.3. The fourth-order valence-corrected chi connectivity index (χ4v) is 5.98. The molecule has 38 heavy (non-hydrogen) atoms. The lowest BCUT2D eigenvalue weighted by atomic mass is 9.94. The number of nitrogens with one attached hydrogen (secondary N) is 2. The second kappa shape index (κ2) is 11.9. The number of ether oxygens (including phenoxy) is 2. The number of amides is 1. The summed E-state index contributed by atoms with van der Waals surface area (Å²) in [6, 6.07) is 4.01. The van der Waals surface area contributed by atoms with Gasteiger partial charge in [-0.25, -0.2) is 9.48 Å². The van der Waals surface area contributed by atoms with E-state index in [-0.39, 0.29) is 17.7 Å².